The predicted octanol–water partition coefficient (Wildman–Crippen LogP) is 7.31. The number of ether oxygens (including phenoxy) is 3. The summed E-state index contributed by atoms with van der Waals surface area (Å²) in [7, 11) is 1.63. The molecule has 0 unspecified atom stereocenters. The van der Waals surface area contributed by atoms with Crippen molar-refractivity contribution in [1.82, 2.24) is 4.90 Å². The number of amides is 1. The van der Waals surface area contributed by atoms with Crippen molar-refractivity contribution < 1.29 is 23.8 Å². The molecule has 7 nitrogen and oxygen atoms in total. The average molecular weight is 599 g/mol. The van der Waals surface area contributed by atoms with Gasteiger partial charge in [0.15, 0.2) is 17.3 Å². The van der Waals surface area contributed by atoms with Crippen molar-refractivity contribution in [3.63, 3.8) is 0 Å². The highest BCUT2D eigenvalue weighted by atomic mass is 16.5. The highest BCUT2D eigenvalue weighted by Crippen LogP contribution is 2.38. The van der Waals surface area contributed by atoms with Crippen molar-refractivity contribution in [3.8, 4) is 17.2 Å². The van der Waals surface area contributed by atoms with Crippen LogP contribution in [-0.4, -0.2) is 55.7 Å². The normalized spacial score (nSPS) is 16.4. The second kappa shape index (κ2) is 12.1. The third-order valence-electron chi connectivity index (χ3n) is 8.70. The molecule has 1 saturated heterocycles. The van der Waals surface area contributed by atoms with E-state index in [2.05, 4.69) is 11.1 Å². The summed E-state index contributed by atoms with van der Waals surface area (Å²) in [6.45, 7) is 3.60. The van der Waals surface area contributed by atoms with Gasteiger partial charge in [0.2, 0.25) is 0 Å². The van der Waals surface area contributed by atoms with E-state index in [4.69, 9.17) is 14.2 Å². The van der Waals surface area contributed by atoms with Crippen LogP contribution in [0.4, 0.5) is 5.69 Å². The fourth-order valence-electron chi connectivity index (χ4n) is 6.39. The number of hydrogen-bond acceptors (Lipinski definition) is 6. The molecule has 226 valence electrons. The van der Waals surface area contributed by atoms with Gasteiger partial charge in [-0.2, -0.15) is 0 Å². The van der Waals surface area contributed by atoms with E-state index in [0.717, 1.165) is 53.0 Å². The van der Waals surface area contributed by atoms with Crippen LogP contribution in [0.25, 0.3) is 11.6 Å². The van der Waals surface area contributed by atoms with E-state index in [1.807, 2.05) is 96.9 Å². The Kier molecular flexibility index (Phi) is 7.67. The molecule has 2 aliphatic heterocycles. The Bertz CT molecular complexity index is 1820. The van der Waals surface area contributed by atoms with Gasteiger partial charge in [-0.3, -0.25) is 14.6 Å². The van der Waals surface area contributed by atoms with E-state index in [-0.39, 0.29) is 17.7 Å². The van der Waals surface area contributed by atoms with Crippen LogP contribution in [0.1, 0.15) is 67.8 Å². The molecule has 45 heavy (non-hydrogen) atoms. The number of carbonyl (C=O) groups is 2. The number of benzene rings is 4. The van der Waals surface area contributed by atoms with Gasteiger partial charge >= 0.3 is 0 Å². The van der Waals surface area contributed by atoms with Crippen molar-refractivity contribution in [1.29, 1.82) is 0 Å². The van der Waals surface area contributed by atoms with Crippen LogP contribution in [0.3, 0.4) is 0 Å². The molecule has 1 amide bonds. The van der Waals surface area contributed by atoms with E-state index in [1.165, 1.54) is 0 Å². The minimum atomic E-state index is 0.0435. The lowest BCUT2D eigenvalue weighted by molar-refractivity contribution is 0.0774. The van der Waals surface area contributed by atoms with E-state index >= 15 is 0 Å². The van der Waals surface area contributed by atoms with Crippen LogP contribution >= 0.6 is 0 Å². The standard InChI is InChI=1S/C38H34N2O5/c1-24-19-32-33(39-23-26-9-7-16-40(26)38(32)42)22-35(24)44-17-8-18-45-36-21-25(14-15-34(36)43-2)20-31-27-10-3-5-12-29(27)37(41)30-13-6-4-11-28(30)31/h3-6,10-15,19-23,26H,7-9,16-18H2,1-2H3/t26-/m0/s1. The fourth-order valence-corrected chi connectivity index (χ4v) is 6.39. The summed E-state index contributed by atoms with van der Waals surface area (Å²) in [6, 6.07) is 25.2. The second-order valence-electron chi connectivity index (χ2n) is 11.6. The zero-order valence-electron chi connectivity index (χ0n) is 25.4. The lowest BCUT2D eigenvalue weighted by Crippen LogP contribution is -2.35. The van der Waals surface area contributed by atoms with Crippen molar-refractivity contribution >= 4 is 35.2 Å². The zero-order valence-corrected chi connectivity index (χ0v) is 25.4. The lowest BCUT2D eigenvalue weighted by atomic mass is 9.81. The molecule has 1 aliphatic carbocycles. The molecule has 4 aromatic carbocycles. The first kappa shape index (κ1) is 28.6. The number of nitrogens with zero attached hydrogens (tertiary/aromatic N) is 2. The highest BCUT2D eigenvalue weighted by Gasteiger charge is 2.32. The first-order valence-corrected chi connectivity index (χ1v) is 15.4. The van der Waals surface area contributed by atoms with Crippen molar-refractivity contribution in [2.75, 3.05) is 26.9 Å². The van der Waals surface area contributed by atoms with Gasteiger partial charge in [0, 0.05) is 36.4 Å². The first-order valence-electron chi connectivity index (χ1n) is 15.4. The van der Waals surface area contributed by atoms with Crippen molar-refractivity contribution in [2.45, 2.75) is 32.2 Å². The molecule has 1 fully saturated rings. The summed E-state index contributed by atoms with van der Waals surface area (Å²) in [5.41, 5.74) is 7.38. The summed E-state index contributed by atoms with van der Waals surface area (Å²) >= 11 is 0. The topological polar surface area (TPSA) is 77.4 Å². The predicted molar refractivity (Wildman–Crippen MR) is 175 cm³/mol. The van der Waals surface area contributed by atoms with E-state index in [1.54, 1.807) is 7.11 Å². The summed E-state index contributed by atoms with van der Waals surface area (Å²) in [5.74, 6) is 2.09. The van der Waals surface area contributed by atoms with Crippen LogP contribution in [0, 0.1) is 6.92 Å². The van der Waals surface area contributed by atoms with Crippen molar-refractivity contribution in [3.05, 3.63) is 118 Å². The van der Waals surface area contributed by atoms with E-state index in [0.29, 0.717) is 53.5 Å². The van der Waals surface area contributed by atoms with Gasteiger partial charge in [-0.1, -0.05) is 54.6 Å². The van der Waals surface area contributed by atoms with Crippen LogP contribution < -0.4 is 14.2 Å². The summed E-state index contributed by atoms with van der Waals surface area (Å²) in [4.78, 5) is 32.8. The number of aliphatic imine (C=N–C) groups is 1. The summed E-state index contributed by atoms with van der Waals surface area (Å²) in [6.07, 6.45) is 6.61. The highest BCUT2D eigenvalue weighted by molar-refractivity contribution is 6.20. The minimum Gasteiger partial charge on any atom is -0.493 e. The second-order valence-corrected chi connectivity index (χ2v) is 11.6. The number of aryl methyl sites for hydroxylation is 1. The van der Waals surface area contributed by atoms with Gasteiger partial charge in [0.1, 0.15) is 5.75 Å². The monoisotopic (exact) mass is 598 g/mol. The molecule has 1 atom stereocenters. The van der Waals surface area contributed by atoms with Gasteiger partial charge in [0.05, 0.1) is 37.6 Å². The first-order chi connectivity index (χ1) is 22.0. The Hall–Kier alpha value is -5.17. The van der Waals surface area contributed by atoms with Crippen LogP contribution in [0.15, 0.2) is 83.9 Å². The van der Waals surface area contributed by atoms with Gasteiger partial charge in [0.25, 0.3) is 5.91 Å². The minimum absolute atomic E-state index is 0.0435. The third kappa shape index (κ3) is 5.39. The number of carbonyl (C=O) groups excluding carboxylic acids is 2. The van der Waals surface area contributed by atoms with Gasteiger partial charge in [-0.25, -0.2) is 0 Å². The fraction of sp³-hybridized carbons (Fsp3) is 0.237. The van der Waals surface area contributed by atoms with Crippen LogP contribution in [0.5, 0.6) is 17.2 Å². The SMILES string of the molecule is COc1ccc(C=C2c3ccccc3C(=O)c3ccccc32)cc1OCCCOc1cc2c(cc1C)C(=O)N1CCC[C@H]1C=N2. The molecule has 0 bridgehead atoms. The molecular formula is C38H34N2O5. The molecular weight excluding hydrogens is 564 g/mol. The van der Waals surface area contributed by atoms with Gasteiger partial charge in [-0.05, 0) is 71.9 Å². The molecule has 0 aromatic heterocycles. The molecule has 7 heteroatoms. The van der Waals surface area contributed by atoms with Gasteiger partial charge in [-0.15, -0.1) is 0 Å². The average Bonchev–Trinajstić information content (AvgIpc) is 3.50. The molecule has 0 N–H and O–H groups in total. The van der Waals surface area contributed by atoms with Crippen molar-refractivity contribution in [2.24, 2.45) is 4.99 Å². The van der Waals surface area contributed by atoms with E-state index < -0.39 is 0 Å². The molecule has 0 saturated carbocycles. The maximum atomic E-state index is 13.2. The molecule has 4 aromatic rings. The Balaban J connectivity index is 1.05. The number of ketones is 1. The molecule has 3 aliphatic rings. The number of fused-ring (bicyclic) bond motifs is 4. The maximum absolute atomic E-state index is 13.2. The van der Waals surface area contributed by atoms with E-state index in [9.17, 15) is 9.59 Å². The summed E-state index contributed by atoms with van der Waals surface area (Å²) in [5, 5.41) is 0. The van der Waals surface area contributed by atoms with Crippen LogP contribution in [-0.2, 0) is 0 Å². The summed E-state index contributed by atoms with van der Waals surface area (Å²) < 4.78 is 17.9. The molecule has 2 heterocycles. The van der Waals surface area contributed by atoms with Crippen LogP contribution in [0.2, 0.25) is 0 Å². The molecule has 0 radical (unpaired) electrons. The lowest BCUT2D eigenvalue weighted by Gasteiger charge is -2.21. The quantitative estimate of drug-likeness (QED) is 0.175. The number of rotatable bonds is 8. The number of methoxy groups -OCH3 is 1. The Morgan fingerprint density at radius 3 is 2.22 bits per heavy atom. The third-order valence-corrected chi connectivity index (χ3v) is 8.70. The molecule has 0 spiro atoms. The Labute approximate surface area is 262 Å². The molecule has 7 rings (SSSR count). The van der Waals surface area contributed by atoms with Gasteiger partial charge < -0.3 is 19.1 Å². The largest absolute Gasteiger partial charge is 0.493 e. The Morgan fingerprint density at radius 1 is 0.822 bits per heavy atom. The maximum Gasteiger partial charge on any atom is 0.256 e. The number of hydrogen-bond donors (Lipinski definition) is 0. The smallest absolute Gasteiger partial charge is 0.256 e. The zero-order chi connectivity index (χ0) is 30.9. The Morgan fingerprint density at radius 2 is 1.51 bits per heavy atom.